The van der Waals surface area contributed by atoms with Gasteiger partial charge < -0.3 is 4.74 Å². The molecule has 7 nitrogen and oxygen atoms in total. The number of benzene rings is 3. The Bertz CT molecular complexity index is 1280. The molecule has 0 aliphatic carbocycles. The van der Waals surface area contributed by atoms with E-state index < -0.39 is 0 Å². The number of amides is 1. The van der Waals surface area contributed by atoms with Crippen LogP contribution in [0.15, 0.2) is 83.1 Å². The van der Waals surface area contributed by atoms with Crippen molar-refractivity contribution in [2.24, 2.45) is 5.10 Å². The van der Waals surface area contributed by atoms with E-state index >= 15 is 0 Å². The second kappa shape index (κ2) is 10.8. The van der Waals surface area contributed by atoms with E-state index in [0.717, 1.165) is 28.1 Å². The first-order valence-corrected chi connectivity index (χ1v) is 11.7. The summed E-state index contributed by atoms with van der Waals surface area (Å²) in [5.74, 6) is 1.38. The zero-order chi connectivity index (χ0) is 23.9. The second-order valence-corrected chi connectivity index (χ2v) is 8.64. The number of ether oxygens (including phenoxy) is 1. The molecule has 172 valence electrons. The van der Waals surface area contributed by atoms with E-state index in [4.69, 9.17) is 4.74 Å². The molecule has 3 aromatic carbocycles. The van der Waals surface area contributed by atoms with E-state index in [9.17, 15) is 4.79 Å². The Labute approximate surface area is 202 Å². The van der Waals surface area contributed by atoms with Crippen LogP contribution >= 0.6 is 11.8 Å². The highest BCUT2D eigenvalue weighted by molar-refractivity contribution is 7.99. The molecule has 4 rings (SSSR count). The zero-order valence-corrected chi connectivity index (χ0v) is 20.0. The molecule has 0 unspecified atom stereocenters. The third kappa shape index (κ3) is 5.71. The summed E-state index contributed by atoms with van der Waals surface area (Å²) in [5, 5.41) is 13.5. The molecule has 0 radical (unpaired) electrons. The second-order valence-electron chi connectivity index (χ2n) is 7.70. The van der Waals surface area contributed by atoms with Crippen molar-refractivity contribution in [3.63, 3.8) is 0 Å². The molecule has 34 heavy (non-hydrogen) atoms. The smallest absolute Gasteiger partial charge is 0.250 e. The standard InChI is InChI=1S/C26H25N5O2S/c1-18-4-8-20(9-5-18)16-27-28-24(32)17-34-26-30-29-25(21-10-14-23(33-3)15-11-21)31(26)22-12-6-19(2)7-13-22/h4-16H,17H2,1-3H3,(H,28,32)/b27-16-. The summed E-state index contributed by atoms with van der Waals surface area (Å²) in [4.78, 5) is 12.4. The first-order chi connectivity index (χ1) is 16.5. The van der Waals surface area contributed by atoms with Gasteiger partial charge in [0.05, 0.1) is 19.1 Å². The van der Waals surface area contributed by atoms with E-state index in [-0.39, 0.29) is 11.7 Å². The summed E-state index contributed by atoms with van der Waals surface area (Å²) >= 11 is 1.30. The van der Waals surface area contributed by atoms with E-state index in [1.807, 2.05) is 91.2 Å². The van der Waals surface area contributed by atoms with E-state index in [0.29, 0.717) is 11.0 Å². The Balaban J connectivity index is 1.51. The van der Waals surface area contributed by atoms with Crippen LogP contribution in [-0.2, 0) is 4.79 Å². The molecule has 4 aromatic rings. The Morgan fingerprint density at radius 2 is 1.62 bits per heavy atom. The first kappa shape index (κ1) is 23.3. The molecule has 1 aromatic heterocycles. The fourth-order valence-corrected chi connectivity index (χ4v) is 3.96. The van der Waals surface area contributed by atoms with Gasteiger partial charge in [0.15, 0.2) is 11.0 Å². The van der Waals surface area contributed by atoms with E-state index in [2.05, 4.69) is 20.7 Å². The van der Waals surface area contributed by atoms with Gasteiger partial charge in [0.25, 0.3) is 5.91 Å². The number of aromatic nitrogens is 3. The van der Waals surface area contributed by atoms with Gasteiger partial charge in [-0.3, -0.25) is 9.36 Å². The fourth-order valence-electron chi connectivity index (χ4n) is 3.21. The quantitative estimate of drug-likeness (QED) is 0.227. The van der Waals surface area contributed by atoms with Crippen LogP contribution in [0.3, 0.4) is 0 Å². The monoisotopic (exact) mass is 471 g/mol. The maximum Gasteiger partial charge on any atom is 0.250 e. The number of nitrogens with one attached hydrogen (secondary N) is 1. The van der Waals surface area contributed by atoms with Gasteiger partial charge in [0.1, 0.15) is 5.75 Å². The van der Waals surface area contributed by atoms with Crippen LogP contribution in [0.1, 0.15) is 16.7 Å². The van der Waals surface area contributed by atoms with Gasteiger partial charge in [-0.15, -0.1) is 10.2 Å². The van der Waals surface area contributed by atoms with Gasteiger partial charge in [-0.1, -0.05) is 59.3 Å². The maximum atomic E-state index is 12.4. The van der Waals surface area contributed by atoms with E-state index in [1.165, 1.54) is 17.3 Å². The summed E-state index contributed by atoms with van der Waals surface area (Å²) in [6.45, 7) is 4.06. The summed E-state index contributed by atoms with van der Waals surface area (Å²) in [6, 6.07) is 23.6. The summed E-state index contributed by atoms with van der Waals surface area (Å²) < 4.78 is 7.22. The number of hydrogen-bond donors (Lipinski definition) is 1. The Morgan fingerprint density at radius 1 is 0.971 bits per heavy atom. The summed E-state index contributed by atoms with van der Waals surface area (Å²) in [5.41, 5.74) is 7.63. The molecule has 1 amide bonds. The number of rotatable bonds is 8. The lowest BCUT2D eigenvalue weighted by atomic mass is 10.2. The fraction of sp³-hybridized carbons (Fsp3) is 0.154. The lowest BCUT2D eigenvalue weighted by molar-refractivity contribution is -0.118. The van der Waals surface area contributed by atoms with Crippen molar-refractivity contribution >= 4 is 23.9 Å². The molecule has 1 N–H and O–H groups in total. The normalized spacial score (nSPS) is 11.0. The number of carbonyl (C=O) groups excluding carboxylic acids is 1. The lowest BCUT2D eigenvalue weighted by Crippen LogP contribution is -2.20. The molecular formula is C26H25N5O2S. The Hall–Kier alpha value is -3.91. The average Bonchev–Trinajstić information content (AvgIpc) is 3.28. The average molecular weight is 472 g/mol. The van der Waals surface area contributed by atoms with Crippen molar-refractivity contribution in [1.82, 2.24) is 20.2 Å². The summed E-state index contributed by atoms with van der Waals surface area (Å²) in [7, 11) is 1.63. The molecular weight excluding hydrogens is 446 g/mol. The van der Waals surface area contributed by atoms with Crippen molar-refractivity contribution in [3.8, 4) is 22.8 Å². The number of thioether (sulfide) groups is 1. The van der Waals surface area contributed by atoms with Crippen LogP contribution in [0.4, 0.5) is 0 Å². The van der Waals surface area contributed by atoms with Gasteiger partial charge in [-0.2, -0.15) is 5.10 Å². The number of nitrogens with zero attached hydrogens (tertiary/aromatic N) is 4. The minimum atomic E-state index is -0.224. The SMILES string of the molecule is COc1ccc(-c2nnc(SCC(=O)N/N=C\c3ccc(C)cc3)n2-c2ccc(C)cc2)cc1. The van der Waals surface area contributed by atoms with Crippen LogP contribution in [0.2, 0.25) is 0 Å². The van der Waals surface area contributed by atoms with Crippen molar-refractivity contribution < 1.29 is 9.53 Å². The number of aryl methyl sites for hydroxylation is 2. The van der Waals surface area contributed by atoms with Crippen molar-refractivity contribution in [2.75, 3.05) is 12.9 Å². The predicted molar refractivity (Wildman–Crippen MR) is 136 cm³/mol. The molecule has 0 aliphatic rings. The maximum absolute atomic E-state index is 12.4. The zero-order valence-electron chi connectivity index (χ0n) is 19.2. The van der Waals surface area contributed by atoms with Gasteiger partial charge in [-0.25, -0.2) is 5.43 Å². The highest BCUT2D eigenvalue weighted by atomic mass is 32.2. The van der Waals surface area contributed by atoms with Crippen LogP contribution < -0.4 is 10.2 Å². The number of hydrogen-bond acceptors (Lipinski definition) is 6. The number of carbonyl (C=O) groups is 1. The molecule has 0 atom stereocenters. The molecule has 1 heterocycles. The molecule has 0 fully saturated rings. The number of hydrazone groups is 1. The molecule has 0 bridgehead atoms. The Kier molecular flexibility index (Phi) is 7.39. The van der Waals surface area contributed by atoms with Gasteiger partial charge in [-0.05, 0) is 55.8 Å². The summed E-state index contributed by atoms with van der Waals surface area (Å²) in [6.07, 6.45) is 1.62. The highest BCUT2D eigenvalue weighted by Gasteiger charge is 2.17. The predicted octanol–water partition coefficient (Wildman–Crippen LogP) is 4.80. The minimum absolute atomic E-state index is 0.151. The first-order valence-electron chi connectivity index (χ1n) is 10.7. The molecule has 0 aliphatic heterocycles. The Morgan fingerprint density at radius 3 is 2.26 bits per heavy atom. The third-order valence-corrected chi connectivity index (χ3v) is 6.02. The topological polar surface area (TPSA) is 81.4 Å². The van der Waals surface area contributed by atoms with E-state index in [1.54, 1.807) is 13.3 Å². The van der Waals surface area contributed by atoms with Crippen molar-refractivity contribution in [1.29, 1.82) is 0 Å². The largest absolute Gasteiger partial charge is 0.497 e. The number of methoxy groups -OCH3 is 1. The lowest BCUT2D eigenvalue weighted by Gasteiger charge is -2.11. The van der Waals surface area contributed by atoms with Crippen LogP contribution in [0.5, 0.6) is 5.75 Å². The molecule has 0 saturated carbocycles. The van der Waals surface area contributed by atoms with Crippen LogP contribution in [0.25, 0.3) is 17.1 Å². The van der Waals surface area contributed by atoms with Crippen LogP contribution in [-0.4, -0.2) is 39.7 Å². The van der Waals surface area contributed by atoms with Crippen molar-refractivity contribution in [2.45, 2.75) is 19.0 Å². The molecule has 0 spiro atoms. The van der Waals surface area contributed by atoms with Crippen molar-refractivity contribution in [3.05, 3.63) is 89.5 Å². The third-order valence-electron chi connectivity index (χ3n) is 5.09. The minimum Gasteiger partial charge on any atom is -0.497 e. The van der Waals surface area contributed by atoms with Crippen LogP contribution in [0, 0.1) is 13.8 Å². The van der Waals surface area contributed by atoms with Gasteiger partial charge >= 0.3 is 0 Å². The van der Waals surface area contributed by atoms with Gasteiger partial charge in [0.2, 0.25) is 0 Å². The molecule has 0 saturated heterocycles. The highest BCUT2D eigenvalue weighted by Crippen LogP contribution is 2.29. The van der Waals surface area contributed by atoms with Gasteiger partial charge in [0, 0.05) is 11.3 Å². The molecule has 8 heteroatoms.